The van der Waals surface area contributed by atoms with Crippen molar-refractivity contribution in [1.29, 1.82) is 0 Å². The number of benzene rings is 2. The molecule has 3 rings (SSSR count). The topological polar surface area (TPSA) is 55.1 Å². The largest absolute Gasteiger partial charge is 0.355 e. The molecule has 0 aliphatic carbocycles. The van der Waals surface area contributed by atoms with Crippen LogP contribution in [-0.4, -0.2) is 11.1 Å². The van der Waals surface area contributed by atoms with Crippen LogP contribution in [0, 0.1) is 27.7 Å². The molecule has 4 heteroatoms. The average Bonchev–Trinajstić information content (AvgIpc) is 3.00. The fraction of sp³-hybridized carbons (Fsp3) is 0.200. The third kappa shape index (κ3) is 3.38. The van der Waals surface area contributed by atoms with Crippen LogP contribution >= 0.6 is 0 Å². The number of hydrogen-bond donors (Lipinski definition) is 1. The first-order valence-corrected chi connectivity index (χ1v) is 7.86. The highest BCUT2D eigenvalue weighted by atomic mass is 16.5. The van der Waals surface area contributed by atoms with Gasteiger partial charge in [-0.05, 0) is 63.1 Å². The second kappa shape index (κ2) is 6.32. The summed E-state index contributed by atoms with van der Waals surface area (Å²) in [6.07, 6.45) is 0. The lowest BCUT2D eigenvalue weighted by Gasteiger charge is -2.05. The molecule has 0 spiro atoms. The lowest BCUT2D eigenvalue weighted by molar-refractivity contribution is 0.101. The molecule has 3 aromatic rings. The third-order valence-corrected chi connectivity index (χ3v) is 4.01. The van der Waals surface area contributed by atoms with Crippen molar-refractivity contribution in [2.45, 2.75) is 27.7 Å². The van der Waals surface area contributed by atoms with Crippen LogP contribution in [0.2, 0.25) is 0 Å². The molecule has 24 heavy (non-hydrogen) atoms. The first-order valence-electron chi connectivity index (χ1n) is 7.86. The number of nitrogens with zero attached hydrogens (tertiary/aromatic N) is 1. The molecule has 0 aliphatic rings. The Balaban J connectivity index is 1.81. The maximum absolute atomic E-state index is 12.4. The Labute approximate surface area is 141 Å². The fourth-order valence-electron chi connectivity index (χ4n) is 2.65. The number of rotatable bonds is 3. The molecular formula is C20H20N2O2. The highest BCUT2D eigenvalue weighted by Crippen LogP contribution is 2.23. The van der Waals surface area contributed by atoms with Crippen molar-refractivity contribution in [3.05, 3.63) is 70.4 Å². The van der Waals surface area contributed by atoms with Crippen LogP contribution in [0.5, 0.6) is 0 Å². The van der Waals surface area contributed by atoms with Crippen LogP contribution in [-0.2, 0) is 0 Å². The SMILES string of the molecule is Cc1cc(C)cc(-c2cc(C(=O)Nc3ccc(C)c(C)c3)no2)c1. The molecule has 1 N–H and O–H groups in total. The second-order valence-electron chi connectivity index (χ2n) is 6.21. The first kappa shape index (κ1) is 16.0. The molecule has 1 aromatic heterocycles. The number of amides is 1. The third-order valence-electron chi connectivity index (χ3n) is 4.01. The predicted molar refractivity (Wildman–Crippen MR) is 95.3 cm³/mol. The van der Waals surface area contributed by atoms with E-state index in [0.717, 1.165) is 27.9 Å². The van der Waals surface area contributed by atoms with Gasteiger partial charge in [0.1, 0.15) is 0 Å². The molecule has 0 atom stereocenters. The molecule has 0 radical (unpaired) electrons. The summed E-state index contributed by atoms with van der Waals surface area (Å²) in [5, 5.41) is 6.75. The van der Waals surface area contributed by atoms with Crippen LogP contribution in [0.1, 0.15) is 32.7 Å². The van der Waals surface area contributed by atoms with E-state index in [4.69, 9.17) is 4.52 Å². The molecule has 122 valence electrons. The molecule has 0 aliphatic heterocycles. The van der Waals surface area contributed by atoms with Gasteiger partial charge in [0.2, 0.25) is 0 Å². The van der Waals surface area contributed by atoms with E-state index in [0.29, 0.717) is 5.76 Å². The number of nitrogens with one attached hydrogen (secondary N) is 1. The van der Waals surface area contributed by atoms with Crippen LogP contribution in [0.25, 0.3) is 11.3 Å². The Morgan fingerprint density at radius 2 is 1.62 bits per heavy atom. The lowest BCUT2D eigenvalue weighted by atomic mass is 10.1. The van der Waals surface area contributed by atoms with Crippen molar-refractivity contribution in [2.75, 3.05) is 5.32 Å². The number of hydrogen-bond acceptors (Lipinski definition) is 3. The van der Waals surface area contributed by atoms with Crippen molar-refractivity contribution in [3.63, 3.8) is 0 Å². The maximum atomic E-state index is 12.4. The average molecular weight is 320 g/mol. The number of aryl methyl sites for hydroxylation is 4. The normalized spacial score (nSPS) is 10.7. The number of carbonyl (C=O) groups excluding carboxylic acids is 1. The summed E-state index contributed by atoms with van der Waals surface area (Å²) < 4.78 is 5.35. The Morgan fingerprint density at radius 3 is 2.29 bits per heavy atom. The van der Waals surface area contributed by atoms with Gasteiger partial charge in [-0.2, -0.15) is 0 Å². The van der Waals surface area contributed by atoms with Gasteiger partial charge in [-0.3, -0.25) is 4.79 Å². The van der Waals surface area contributed by atoms with Gasteiger partial charge in [0.25, 0.3) is 5.91 Å². The van der Waals surface area contributed by atoms with E-state index in [2.05, 4.69) is 16.5 Å². The minimum absolute atomic E-state index is 0.266. The monoisotopic (exact) mass is 320 g/mol. The standard InChI is InChI=1S/C20H20N2O2/c1-12-7-13(2)9-16(8-12)19-11-18(22-24-19)20(23)21-17-6-5-14(3)15(4)10-17/h5-11H,1-4H3,(H,21,23). The molecule has 1 heterocycles. The van der Waals surface area contributed by atoms with Gasteiger partial charge >= 0.3 is 0 Å². The van der Waals surface area contributed by atoms with Crippen LogP contribution in [0.15, 0.2) is 47.0 Å². The maximum Gasteiger partial charge on any atom is 0.277 e. The minimum atomic E-state index is -0.280. The summed E-state index contributed by atoms with van der Waals surface area (Å²) in [5.41, 5.74) is 6.53. The van der Waals surface area contributed by atoms with Crippen molar-refractivity contribution in [2.24, 2.45) is 0 Å². The number of carbonyl (C=O) groups is 1. The number of anilines is 1. The first-order chi connectivity index (χ1) is 11.4. The predicted octanol–water partition coefficient (Wildman–Crippen LogP) is 4.83. The van der Waals surface area contributed by atoms with E-state index in [1.165, 1.54) is 5.56 Å². The molecule has 0 unspecified atom stereocenters. The summed E-state index contributed by atoms with van der Waals surface area (Å²) in [7, 11) is 0. The summed E-state index contributed by atoms with van der Waals surface area (Å²) in [6, 6.07) is 13.6. The summed E-state index contributed by atoms with van der Waals surface area (Å²) in [4.78, 5) is 12.4. The van der Waals surface area contributed by atoms with E-state index in [9.17, 15) is 4.79 Å². The van der Waals surface area contributed by atoms with Gasteiger partial charge in [-0.15, -0.1) is 0 Å². The smallest absolute Gasteiger partial charge is 0.277 e. The molecule has 0 saturated carbocycles. The van der Waals surface area contributed by atoms with Crippen molar-refractivity contribution < 1.29 is 9.32 Å². The molecule has 0 bridgehead atoms. The zero-order valence-corrected chi connectivity index (χ0v) is 14.3. The highest BCUT2D eigenvalue weighted by molar-refractivity contribution is 6.03. The number of aromatic nitrogens is 1. The van der Waals surface area contributed by atoms with Gasteiger partial charge in [0.15, 0.2) is 11.5 Å². The minimum Gasteiger partial charge on any atom is -0.355 e. The van der Waals surface area contributed by atoms with Gasteiger partial charge in [0.05, 0.1) is 0 Å². The molecule has 2 aromatic carbocycles. The molecule has 0 saturated heterocycles. The Morgan fingerprint density at radius 1 is 0.917 bits per heavy atom. The molecule has 0 fully saturated rings. The van der Waals surface area contributed by atoms with Crippen LogP contribution < -0.4 is 5.32 Å². The van der Waals surface area contributed by atoms with Gasteiger partial charge in [-0.25, -0.2) is 0 Å². The van der Waals surface area contributed by atoms with E-state index in [1.807, 2.05) is 58.0 Å². The zero-order chi connectivity index (χ0) is 17.3. The van der Waals surface area contributed by atoms with Gasteiger partial charge in [0, 0.05) is 17.3 Å². The van der Waals surface area contributed by atoms with E-state index in [-0.39, 0.29) is 11.6 Å². The van der Waals surface area contributed by atoms with Crippen molar-refractivity contribution in [3.8, 4) is 11.3 Å². The second-order valence-corrected chi connectivity index (χ2v) is 6.21. The lowest BCUT2D eigenvalue weighted by Crippen LogP contribution is -2.12. The summed E-state index contributed by atoms with van der Waals surface area (Å²) in [5.74, 6) is 0.310. The summed E-state index contributed by atoms with van der Waals surface area (Å²) in [6.45, 7) is 8.11. The van der Waals surface area contributed by atoms with Gasteiger partial charge in [-0.1, -0.05) is 28.4 Å². The zero-order valence-electron chi connectivity index (χ0n) is 14.3. The Kier molecular flexibility index (Phi) is 4.21. The van der Waals surface area contributed by atoms with Gasteiger partial charge < -0.3 is 9.84 Å². The Hall–Kier alpha value is -2.88. The van der Waals surface area contributed by atoms with Crippen LogP contribution in [0.4, 0.5) is 5.69 Å². The quantitative estimate of drug-likeness (QED) is 0.752. The van der Waals surface area contributed by atoms with Crippen molar-refractivity contribution in [1.82, 2.24) is 5.16 Å². The molecular weight excluding hydrogens is 300 g/mol. The van der Waals surface area contributed by atoms with E-state index in [1.54, 1.807) is 6.07 Å². The highest BCUT2D eigenvalue weighted by Gasteiger charge is 2.14. The summed E-state index contributed by atoms with van der Waals surface area (Å²) >= 11 is 0. The van der Waals surface area contributed by atoms with E-state index >= 15 is 0 Å². The fourth-order valence-corrected chi connectivity index (χ4v) is 2.65. The Bertz CT molecular complexity index is 890. The molecule has 1 amide bonds. The van der Waals surface area contributed by atoms with Crippen LogP contribution in [0.3, 0.4) is 0 Å². The van der Waals surface area contributed by atoms with Crippen molar-refractivity contribution >= 4 is 11.6 Å². The molecule has 4 nitrogen and oxygen atoms in total. The van der Waals surface area contributed by atoms with E-state index < -0.39 is 0 Å².